The Morgan fingerprint density at radius 3 is 2.96 bits per heavy atom. The molecule has 0 atom stereocenters. The lowest BCUT2D eigenvalue weighted by molar-refractivity contribution is 0.0469. The molecule has 0 saturated carbocycles. The van der Waals surface area contributed by atoms with E-state index < -0.39 is 5.97 Å². The van der Waals surface area contributed by atoms with Crippen molar-refractivity contribution in [2.45, 2.75) is 13.5 Å². The Balaban J connectivity index is 1.69. The maximum atomic E-state index is 12.3. The van der Waals surface area contributed by atoms with Gasteiger partial charge in [-0.25, -0.2) is 9.78 Å². The van der Waals surface area contributed by atoms with Crippen molar-refractivity contribution < 1.29 is 14.3 Å². The van der Waals surface area contributed by atoms with Crippen molar-refractivity contribution in [3.8, 4) is 16.3 Å². The highest BCUT2D eigenvalue weighted by Crippen LogP contribution is 2.28. The molecular weight excluding hydrogens is 358 g/mol. The number of nitrogens with one attached hydrogen (secondary N) is 1. The van der Waals surface area contributed by atoms with Crippen LogP contribution in [-0.4, -0.2) is 29.5 Å². The minimum absolute atomic E-state index is 0.123. The summed E-state index contributed by atoms with van der Waals surface area (Å²) < 4.78 is 14.8. The zero-order valence-corrected chi connectivity index (χ0v) is 15.7. The third-order valence-corrected chi connectivity index (χ3v) is 5.41. The van der Waals surface area contributed by atoms with Gasteiger partial charge in [-0.2, -0.15) is 4.37 Å². The number of carbonyl (C=O) groups is 1. The fraction of sp³-hybridized carbons (Fsp3) is 0.235. The third kappa shape index (κ3) is 3.80. The van der Waals surface area contributed by atoms with Crippen LogP contribution in [0, 0.1) is 6.92 Å². The summed E-state index contributed by atoms with van der Waals surface area (Å²) in [5, 5.41) is 6.41. The summed E-state index contributed by atoms with van der Waals surface area (Å²) in [6, 6.07) is 7.70. The maximum Gasteiger partial charge on any atom is 0.343 e. The van der Waals surface area contributed by atoms with Crippen molar-refractivity contribution in [1.82, 2.24) is 9.36 Å². The Hall–Kier alpha value is -2.45. The predicted molar refractivity (Wildman–Crippen MR) is 99.6 cm³/mol. The van der Waals surface area contributed by atoms with E-state index in [0.29, 0.717) is 22.0 Å². The average Bonchev–Trinajstić information content (AvgIpc) is 3.26. The minimum Gasteiger partial charge on any atom is -0.497 e. The number of carbonyl (C=O) groups excluding carboxylic acids is 1. The zero-order chi connectivity index (χ0) is 17.8. The lowest BCUT2D eigenvalue weighted by atomic mass is 10.2. The van der Waals surface area contributed by atoms with Crippen molar-refractivity contribution in [1.29, 1.82) is 0 Å². The number of ether oxygens (including phenoxy) is 2. The smallest absolute Gasteiger partial charge is 0.343 e. The first kappa shape index (κ1) is 17.4. The molecule has 0 radical (unpaired) electrons. The molecule has 0 bridgehead atoms. The first-order valence-electron chi connectivity index (χ1n) is 7.52. The van der Waals surface area contributed by atoms with Gasteiger partial charge in [0.2, 0.25) is 0 Å². The molecule has 0 amide bonds. The lowest BCUT2D eigenvalue weighted by Crippen LogP contribution is -2.08. The average molecular weight is 375 g/mol. The number of hydrogen-bond acceptors (Lipinski definition) is 8. The first-order chi connectivity index (χ1) is 12.1. The molecule has 1 aromatic carbocycles. The normalized spacial score (nSPS) is 10.5. The molecule has 0 aliphatic carbocycles. The van der Waals surface area contributed by atoms with Crippen LogP contribution in [0.1, 0.15) is 21.7 Å². The van der Waals surface area contributed by atoms with Gasteiger partial charge in [-0.3, -0.25) is 0 Å². The second kappa shape index (κ2) is 7.62. The quantitative estimate of drug-likeness (QED) is 0.657. The van der Waals surface area contributed by atoms with Crippen LogP contribution in [0.2, 0.25) is 0 Å². The molecule has 0 aliphatic rings. The van der Waals surface area contributed by atoms with Crippen LogP contribution in [0.3, 0.4) is 0 Å². The van der Waals surface area contributed by atoms with E-state index in [1.54, 1.807) is 21.1 Å². The fourth-order valence-electron chi connectivity index (χ4n) is 2.25. The van der Waals surface area contributed by atoms with Gasteiger partial charge in [0.1, 0.15) is 27.9 Å². The van der Waals surface area contributed by atoms with Crippen LogP contribution in [0.5, 0.6) is 5.75 Å². The number of nitrogens with zero attached hydrogens (tertiary/aromatic N) is 2. The van der Waals surface area contributed by atoms with Crippen molar-refractivity contribution >= 4 is 33.8 Å². The van der Waals surface area contributed by atoms with Crippen LogP contribution in [0.15, 0.2) is 29.6 Å². The number of methoxy groups -OCH3 is 1. The maximum absolute atomic E-state index is 12.3. The van der Waals surface area contributed by atoms with Crippen LogP contribution < -0.4 is 10.1 Å². The molecule has 0 aliphatic heterocycles. The van der Waals surface area contributed by atoms with E-state index in [1.807, 2.05) is 29.6 Å². The predicted octanol–water partition coefficient (Wildman–Crippen LogP) is 3.98. The summed E-state index contributed by atoms with van der Waals surface area (Å²) in [4.78, 5) is 16.8. The molecule has 8 heteroatoms. The number of hydrogen-bond donors (Lipinski definition) is 1. The SMILES string of the molecule is CNc1snc(C)c1C(=O)OCc1csc(-c2cccc(OC)c2)n1. The van der Waals surface area contributed by atoms with E-state index in [4.69, 9.17) is 9.47 Å². The van der Waals surface area contributed by atoms with E-state index in [9.17, 15) is 4.79 Å². The standard InChI is InChI=1S/C17H17N3O3S2/c1-10-14(16(18-2)25-20-10)17(21)23-8-12-9-24-15(19-12)11-5-4-6-13(7-11)22-3/h4-7,9,18H,8H2,1-3H3. The fourth-order valence-corrected chi connectivity index (χ4v) is 3.79. The molecular formula is C17H17N3O3S2. The minimum atomic E-state index is -0.397. The van der Waals surface area contributed by atoms with E-state index in [-0.39, 0.29) is 6.61 Å². The zero-order valence-electron chi connectivity index (χ0n) is 14.0. The van der Waals surface area contributed by atoms with Gasteiger partial charge in [0.05, 0.1) is 18.5 Å². The summed E-state index contributed by atoms with van der Waals surface area (Å²) in [7, 11) is 3.39. The highest BCUT2D eigenvalue weighted by molar-refractivity contribution is 7.13. The van der Waals surface area contributed by atoms with Crippen LogP contribution in [0.4, 0.5) is 5.00 Å². The molecule has 1 N–H and O–H groups in total. The largest absolute Gasteiger partial charge is 0.497 e. The van der Waals surface area contributed by atoms with Gasteiger partial charge in [-0.05, 0) is 30.6 Å². The topological polar surface area (TPSA) is 73.3 Å². The Morgan fingerprint density at radius 2 is 2.20 bits per heavy atom. The summed E-state index contributed by atoms with van der Waals surface area (Å²) >= 11 is 2.74. The van der Waals surface area contributed by atoms with Crippen LogP contribution in [-0.2, 0) is 11.3 Å². The Kier molecular flexibility index (Phi) is 5.30. The molecule has 0 spiro atoms. The summed E-state index contributed by atoms with van der Waals surface area (Å²) in [5.74, 6) is 0.382. The second-order valence-corrected chi connectivity index (χ2v) is 6.81. The van der Waals surface area contributed by atoms with Gasteiger partial charge in [0.25, 0.3) is 0 Å². The van der Waals surface area contributed by atoms with Gasteiger partial charge >= 0.3 is 5.97 Å². The summed E-state index contributed by atoms with van der Waals surface area (Å²) in [6.45, 7) is 1.91. The molecule has 3 rings (SSSR count). The van der Waals surface area contributed by atoms with E-state index in [0.717, 1.165) is 16.3 Å². The van der Waals surface area contributed by atoms with Crippen LogP contribution in [0.25, 0.3) is 10.6 Å². The molecule has 2 aromatic heterocycles. The van der Waals surface area contributed by atoms with Gasteiger partial charge in [0.15, 0.2) is 0 Å². The Morgan fingerprint density at radius 1 is 1.36 bits per heavy atom. The number of rotatable bonds is 6. The van der Waals surface area contributed by atoms with Gasteiger partial charge in [-0.15, -0.1) is 11.3 Å². The Labute approximate surface area is 153 Å². The highest BCUT2D eigenvalue weighted by Gasteiger charge is 2.19. The highest BCUT2D eigenvalue weighted by atomic mass is 32.1. The summed E-state index contributed by atoms with van der Waals surface area (Å²) in [6.07, 6.45) is 0. The molecule has 0 saturated heterocycles. The van der Waals surface area contributed by atoms with Crippen molar-refractivity contribution in [2.75, 3.05) is 19.5 Å². The first-order valence-corrected chi connectivity index (χ1v) is 9.17. The lowest BCUT2D eigenvalue weighted by Gasteiger charge is -2.04. The number of aromatic nitrogens is 2. The van der Waals surface area contributed by atoms with Gasteiger partial charge in [-0.1, -0.05) is 12.1 Å². The van der Waals surface area contributed by atoms with Gasteiger partial charge in [0, 0.05) is 18.0 Å². The number of esters is 1. The van der Waals surface area contributed by atoms with E-state index in [2.05, 4.69) is 14.7 Å². The Bertz CT molecular complexity index is 889. The summed E-state index contributed by atoms with van der Waals surface area (Å²) in [5.41, 5.74) is 2.82. The second-order valence-electron chi connectivity index (χ2n) is 5.17. The number of aryl methyl sites for hydroxylation is 1. The molecule has 130 valence electrons. The van der Waals surface area contributed by atoms with Crippen molar-refractivity contribution in [3.05, 3.63) is 46.6 Å². The van der Waals surface area contributed by atoms with Crippen molar-refractivity contribution in [2.24, 2.45) is 0 Å². The number of anilines is 1. The number of benzene rings is 1. The van der Waals surface area contributed by atoms with E-state index >= 15 is 0 Å². The molecule has 0 unspecified atom stereocenters. The van der Waals surface area contributed by atoms with Crippen molar-refractivity contribution in [3.63, 3.8) is 0 Å². The monoisotopic (exact) mass is 375 g/mol. The molecule has 6 nitrogen and oxygen atoms in total. The molecule has 3 aromatic rings. The third-order valence-electron chi connectivity index (χ3n) is 3.51. The molecule has 0 fully saturated rings. The molecule has 25 heavy (non-hydrogen) atoms. The molecule has 2 heterocycles. The number of thiazole rings is 1. The van der Waals surface area contributed by atoms with Gasteiger partial charge < -0.3 is 14.8 Å². The van der Waals surface area contributed by atoms with E-state index in [1.165, 1.54) is 22.9 Å². The van der Waals surface area contributed by atoms with Crippen LogP contribution >= 0.6 is 22.9 Å².